The van der Waals surface area contributed by atoms with Crippen molar-refractivity contribution in [2.45, 2.75) is 138 Å². The molecule has 2 aromatic heterocycles. The van der Waals surface area contributed by atoms with Crippen LogP contribution in [0.1, 0.15) is 132 Å². The number of imidazole rings is 2. The van der Waals surface area contributed by atoms with Gasteiger partial charge >= 0.3 is 18.3 Å². The Balaban J connectivity index is 0.000000524. The van der Waals surface area contributed by atoms with Gasteiger partial charge in [-0.15, -0.1) is 0 Å². The van der Waals surface area contributed by atoms with Crippen LogP contribution in [0.15, 0.2) is 12.4 Å². The van der Waals surface area contributed by atoms with E-state index in [4.69, 9.17) is 18.9 Å². The largest absolute Gasteiger partial charge is 0.481 e. The van der Waals surface area contributed by atoms with Gasteiger partial charge in [-0.05, 0) is 88.0 Å². The summed E-state index contributed by atoms with van der Waals surface area (Å²) >= 11 is 0. The van der Waals surface area contributed by atoms with Crippen molar-refractivity contribution in [1.82, 2.24) is 24.0 Å². The molecule has 14 nitrogen and oxygen atoms in total. The number of ether oxygens (including phenoxy) is 4. The molecule has 1 amide bonds. The first-order valence-electron chi connectivity index (χ1n) is 16.9. The van der Waals surface area contributed by atoms with Gasteiger partial charge in [-0.1, -0.05) is 14.9 Å². The van der Waals surface area contributed by atoms with E-state index in [2.05, 4.69) is 9.97 Å². The fourth-order valence-electron chi connectivity index (χ4n) is 5.35. The van der Waals surface area contributed by atoms with Crippen LogP contribution in [0.3, 0.4) is 0 Å². The highest BCUT2D eigenvalue weighted by Gasteiger charge is 2.32. The lowest BCUT2D eigenvalue weighted by atomic mass is 10.0. The fraction of sp³-hybridized carbons (Fsp3) is 0.750. The van der Waals surface area contributed by atoms with Crippen molar-refractivity contribution in [2.24, 2.45) is 0 Å². The molecule has 2 aromatic rings. The molecule has 0 saturated carbocycles. The number of methoxy groups -OCH3 is 1. The molecular weight excluding hydrogens is 711 g/mol. The van der Waals surface area contributed by atoms with Gasteiger partial charge in [0.25, 0.3) is 0 Å². The summed E-state index contributed by atoms with van der Waals surface area (Å²) in [6.45, 7) is 16.4. The van der Waals surface area contributed by atoms with Gasteiger partial charge < -0.3 is 23.8 Å². The normalized spacial score (nSPS) is 20.5. The average molecular weight is 774 g/mol. The number of hydrogen-bond donors (Lipinski definition) is 0. The van der Waals surface area contributed by atoms with Crippen molar-refractivity contribution in [2.75, 3.05) is 37.2 Å². The first-order chi connectivity index (χ1) is 23.1. The second-order valence-electron chi connectivity index (χ2n) is 15.5. The highest BCUT2D eigenvalue weighted by molar-refractivity contribution is 7.85. The predicted octanol–water partition coefficient (Wildman–Crippen LogP) is 7.23. The highest BCUT2D eigenvalue weighted by Crippen LogP contribution is 2.31. The SMILES string of the molecule is C.C.CN(Cc1cnc(C2CCS(=O)CC2)n1C(=O)OC(C)(C)C)C(=O)OC(C)(C)C.COc1cnc(C2CCS(=O)CC2)n1C(=O)OC(C)(C)C. The van der Waals surface area contributed by atoms with Gasteiger partial charge in [-0.3, -0.25) is 8.42 Å². The molecular formula is C36H63N5O9S2. The quantitative estimate of drug-likeness (QED) is 0.282. The Hall–Kier alpha value is -3.27. The summed E-state index contributed by atoms with van der Waals surface area (Å²) in [5.74, 6) is 4.23. The van der Waals surface area contributed by atoms with Crippen molar-refractivity contribution < 1.29 is 41.7 Å². The fourth-order valence-corrected chi connectivity index (χ4v) is 7.94. The lowest BCUT2D eigenvalue weighted by Crippen LogP contribution is -2.35. The van der Waals surface area contributed by atoms with Crippen LogP contribution < -0.4 is 4.74 Å². The van der Waals surface area contributed by atoms with Crippen molar-refractivity contribution >= 4 is 39.9 Å². The molecule has 0 bridgehead atoms. The maximum atomic E-state index is 13.0. The summed E-state index contributed by atoms with van der Waals surface area (Å²) in [4.78, 5) is 47.9. The monoisotopic (exact) mass is 773 g/mol. The Kier molecular flexibility index (Phi) is 17.2. The van der Waals surface area contributed by atoms with E-state index in [1.54, 1.807) is 54.8 Å². The number of nitrogens with zero attached hydrogens (tertiary/aromatic N) is 5. The average Bonchev–Trinajstić information content (AvgIpc) is 3.60. The summed E-state index contributed by atoms with van der Waals surface area (Å²) in [7, 11) is 1.56. The van der Waals surface area contributed by atoms with Crippen LogP contribution in [0.4, 0.5) is 14.4 Å². The van der Waals surface area contributed by atoms with E-state index in [-0.39, 0.29) is 33.2 Å². The minimum absolute atomic E-state index is 0. The van der Waals surface area contributed by atoms with Crippen LogP contribution in [0.5, 0.6) is 5.88 Å². The van der Waals surface area contributed by atoms with Crippen molar-refractivity contribution in [3.05, 3.63) is 29.7 Å². The Morgan fingerprint density at radius 3 is 1.50 bits per heavy atom. The number of rotatable bonds is 5. The first-order valence-corrected chi connectivity index (χ1v) is 19.8. The van der Waals surface area contributed by atoms with E-state index in [1.165, 1.54) is 27.3 Å². The van der Waals surface area contributed by atoms with Crippen molar-refractivity contribution in [3.8, 4) is 5.88 Å². The summed E-state index contributed by atoms with van der Waals surface area (Å²) in [6.07, 6.45) is 4.57. The third-order valence-electron chi connectivity index (χ3n) is 7.59. The molecule has 0 atom stereocenters. The smallest absolute Gasteiger partial charge is 0.422 e. The van der Waals surface area contributed by atoms with Gasteiger partial charge in [0.05, 0.1) is 31.7 Å². The Morgan fingerprint density at radius 2 is 1.10 bits per heavy atom. The summed E-state index contributed by atoms with van der Waals surface area (Å²) < 4.78 is 47.7. The van der Waals surface area contributed by atoms with Gasteiger partial charge in [0.15, 0.2) is 0 Å². The maximum Gasteiger partial charge on any atom is 0.422 e. The minimum Gasteiger partial charge on any atom is -0.481 e. The van der Waals surface area contributed by atoms with Crippen LogP contribution in [-0.4, -0.2) is 105 Å². The van der Waals surface area contributed by atoms with E-state index in [0.29, 0.717) is 59.1 Å². The second-order valence-corrected chi connectivity index (χ2v) is 18.9. The lowest BCUT2D eigenvalue weighted by Gasteiger charge is -2.26. The molecule has 0 N–H and O–H groups in total. The minimum atomic E-state index is -0.809. The second kappa shape index (κ2) is 19.2. The summed E-state index contributed by atoms with van der Waals surface area (Å²) in [5.41, 5.74) is -1.31. The van der Waals surface area contributed by atoms with Gasteiger partial charge in [0, 0.05) is 63.5 Å². The molecule has 4 rings (SSSR count). The third kappa shape index (κ3) is 13.9. The molecule has 0 spiro atoms. The lowest BCUT2D eigenvalue weighted by molar-refractivity contribution is 0.0273. The molecule has 2 fully saturated rings. The summed E-state index contributed by atoms with van der Waals surface area (Å²) in [5, 5.41) is 0. The maximum absolute atomic E-state index is 13.0. The number of carbonyl (C=O) groups excluding carboxylic acids is 3. The van der Waals surface area contributed by atoms with Gasteiger partial charge in [-0.2, -0.15) is 0 Å². The zero-order chi connectivity index (χ0) is 37.6. The molecule has 2 saturated heterocycles. The third-order valence-corrected chi connectivity index (χ3v) is 10.4. The molecule has 52 heavy (non-hydrogen) atoms. The molecule has 0 radical (unpaired) electrons. The summed E-state index contributed by atoms with van der Waals surface area (Å²) in [6, 6.07) is 0. The molecule has 0 aromatic carbocycles. The van der Waals surface area contributed by atoms with Gasteiger partial charge in [-0.25, -0.2) is 33.5 Å². The Labute approximate surface area is 315 Å². The number of aromatic nitrogens is 4. The van der Waals surface area contributed by atoms with Gasteiger partial charge in [0.1, 0.15) is 28.5 Å². The molecule has 298 valence electrons. The zero-order valence-corrected chi connectivity index (χ0v) is 33.0. The Bertz CT molecular complexity index is 1530. The first kappa shape index (κ1) is 46.8. The van der Waals surface area contributed by atoms with E-state index in [0.717, 1.165) is 12.8 Å². The molecule has 2 aliphatic rings. The molecule has 4 heterocycles. The topological polar surface area (TPSA) is 161 Å². The molecule has 0 unspecified atom stereocenters. The van der Waals surface area contributed by atoms with Gasteiger partial charge in [0.2, 0.25) is 5.88 Å². The number of hydrogen-bond acceptors (Lipinski definition) is 11. The van der Waals surface area contributed by atoms with E-state index in [1.807, 2.05) is 20.8 Å². The molecule has 2 aliphatic heterocycles. The van der Waals surface area contributed by atoms with E-state index < -0.39 is 56.7 Å². The highest BCUT2D eigenvalue weighted by atomic mass is 32.2. The molecule has 16 heteroatoms. The van der Waals surface area contributed by atoms with Crippen LogP contribution >= 0.6 is 0 Å². The van der Waals surface area contributed by atoms with Crippen LogP contribution in [0.2, 0.25) is 0 Å². The zero-order valence-electron chi connectivity index (χ0n) is 31.4. The van der Waals surface area contributed by atoms with Crippen molar-refractivity contribution in [1.29, 1.82) is 0 Å². The van der Waals surface area contributed by atoms with Crippen molar-refractivity contribution in [3.63, 3.8) is 0 Å². The Morgan fingerprint density at radius 1 is 0.712 bits per heavy atom. The van der Waals surface area contributed by atoms with Crippen LogP contribution in [0, 0.1) is 0 Å². The van der Waals surface area contributed by atoms with Crippen LogP contribution in [-0.2, 0) is 42.4 Å². The van der Waals surface area contributed by atoms with E-state index >= 15 is 0 Å². The number of carbonyl (C=O) groups is 3. The predicted molar refractivity (Wildman–Crippen MR) is 205 cm³/mol. The standard InChI is InChI=1S/C20H33N3O5S.C14H22N2O4S.2CH4/c1-19(2,3)27-17(24)22(7)13-15-12-21-16(14-8-10-29(26)11-9-14)23(15)18(25)28-20(4,5)6;1-14(2,3)20-13(17)16-11(19-4)9-15-12(16)10-5-7-21(18)8-6-10;;/h12,14H,8-11,13H2,1-7H3;9-10H,5-8H2,1-4H3;2*1H4. The number of amides is 1. The van der Waals surface area contributed by atoms with Crippen LogP contribution in [0.25, 0.3) is 0 Å². The van der Waals surface area contributed by atoms with E-state index in [9.17, 15) is 22.8 Å². The molecule has 0 aliphatic carbocycles.